The van der Waals surface area contributed by atoms with Crippen LogP contribution in [-0.4, -0.2) is 24.6 Å². The molecule has 5 N–H and O–H groups in total. The van der Waals surface area contributed by atoms with E-state index in [1.807, 2.05) is 38.1 Å². The molecule has 0 saturated heterocycles. The SMILES string of the molecule is CCCNC(N)=NCc1ccc(NC(=O)NC(C)C)cc1. The van der Waals surface area contributed by atoms with Gasteiger partial charge in [-0.15, -0.1) is 0 Å². The summed E-state index contributed by atoms with van der Waals surface area (Å²) < 4.78 is 0. The number of benzene rings is 1. The van der Waals surface area contributed by atoms with Gasteiger partial charge in [-0.05, 0) is 38.0 Å². The van der Waals surface area contributed by atoms with Crippen LogP contribution >= 0.6 is 0 Å². The standard InChI is InChI=1S/C15H25N5O/c1-4-9-17-14(16)18-10-12-5-7-13(8-6-12)20-15(21)19-11(2)3/h5-8,11H,4,9-10H2,1-3H3,(H3,16,17,18)(H2,19,20,21). The van der Waals surface area contributed by atoms with Crippen molar-refractivity contribution in [3.05, 3.63) is 29.8 Å². The van der Waals surface area contributed by atoms with Crippen LogP contribution in [-0.2, 0) is 6.54 Å². The van der Waals surface area contributed by atoms with Gasteiger partial charge in [0.2, 0.25) is 0 Å². The predicted molar refractivity (Wildman–Crippen MR) is 87.4 cm³/mol. The van der Waals surface area contributed by atoms with Gasteiger partial charge in [0, 0.05) is 18.3 Å². The maximum absolute atomic E-state index is 11.6. The fourth-order valence-corrected chi connectivity index (χ4v) is 1.61. The van der Waals surface area contributed by atoms with Crippen LogP contribution in [0.3, 0.4) is 0 Å². The van der Waals surface area contributed by atoms with Gasteiger partial charge >= 0.3 is 6.03 Å². The molecule has 0 atom stereocenters. The molecule has 0 aliphatic rings. The van der Waals surface area contributed by atoms with Crippen LogP contribution in [0.25, 0.3) is 0 Å². The smallest absolute Gasteiger partial charge is 0.319 e. The third-order valence-electron chi connectivity index (χ3n) is 2.62. The van der Waals surface area contributed by atoms with Gasteiger partial charge < -0.3 is 21.7 Å². The molecular weight excluding hydrogens is 266 g/mol. The van der Waals surface area contributed by atoms with Crippen LogP contribution in [0.2, 0.25) is 0 Å². The van der Waals surface area contributed by atoms with Crippen molar-refractivity contribution in [1.82, 2.24) is 10.6 Å². The third kappa shape index (κ3) is 7.20. The molecular formula is C15H25N5O. The monoisotopic (exact) mass is 291 g/mol. The van der Waals surface area contributed by atoms with E-state index in [4.69, 9.17) is 5.73 Å². The number of anilines is 1. The quantitative estimate of drug-likeness (QED) is 0.477. The second-order valence-corrected chi connectivity index (χ2v) is 5.08. The molecule has 2 amide bonds. The number of aliphatic imine (C=N–C) groups is 1. The summed E-state index contributed by atoms with van der Waals surface area (Å²) in [6.07, 6.45) is 1.01. The Labute approximate surface area is 126 Å². The molecule has 0 aromatic heterocycles. The Hall–Kier alpha value is -2.24. The molecule has 6 heteroatoms. The van der Waals surface area contributed by atoms with Crippen LogP contribution in [0.15, 0.2) is 29.3 Å². The molecule has 0 radical (unpaired) electrons. The number of amides is 2. The lowest BCUT2D eigenvalue weighted by atomic mass is 10.2. The fraction of sp³-hybridized carbons (Fsp3) is 0.467. The minimum atomic E-state index is -0.205. The Kier molecular flexibility index (Phi) is 7.08. The van der Waals surface area contributed by atoms with E-state index >= 15 is 0 Å². The summed E-state index contributed by atoms with van der Waals surface area (Å²) in [7, 11) is 0. The molecule has 1 aromatic rings. The molecule has 0 unspecified atom stereocenters. The number of carbonyl (C=O) groups excluding carboxylic acids is 1. The Morgan fingerprint density at radius 1 is 1.29 bits per heavy atom. The lowest BCUT2D eigenvalue weighted by Gasteiger charge is -2.10. The number of nitrogens with zero attached hydrogens (tertiary/aromatic N) is 1. The number of rotatable bonds is 6. The van der Waals surface area contributed by atoms with Gasteiger partial charge in [-0.2, -0.15) is 0 Å². The molecule has 0 heterocycles. The summed E-state index contributed by atoms with van der Waals surface area (Å²) in [5.41, 5.74) is 7.50. The van der Waals surface area contributed by atoms with Crippen molar-refractivity contribution in [3.8, 4) is 0 Å². The van der Waals surface area contributed by atoms with Gasteiger partial charge in [0.05, 0.1) is 6.54 Å². The zero-order valence-corrected chi connectivity index (χ0v) is 12.9. The molecule has 1 aromatic carbocycles. The first-order valence-electron chi connectivity index (χ1n) is 7.21. The minimum absolute atomic E-state index is 0.109. The summed E-state index contributed by atoms with van der Waals surface area (Å²) in [6.45, 7) is 7.24. The first kappa shape index (κ1) is 16.8. The molecule has 0 saturated carbocycles. The van der Waals surface area contributed by atoms with Crippen molar-refractivity contribution in [1.29, 1.82) is 0 Å². The first-order valence-corrected chi connectivity index (χ1v) is 7.21. The molecule has 21 heavy (non-hydrogen) atoms. The van der Waals surface area contributed by atoms with E-state index in [0.29, 0.717) is 12.5 Å². The second-order valence-electron chi connectivity index (χ2n) is 5.08. The van der Waals surface area contributed by atoms with Crippen LogP contribution in [0.5, 0.6) is 0 Å². The lowest BCUT2D eigenvalue weighted by molar-refractivity contribution is 0.250. The highest BCUT2D eigenvalue weighted by Gasteiger charge is 2.03. The van der Waals surface area contributed by atoms with Crippen LogP contribution in [0.4, 0.5) is 10.5 Å². The van der Waals surface area contributed by atoms with Crippen molar-refractivity contribution in [2.75, 3.05) is 11.9 Å². The van der Waals surface area contributed by atoms with Gasteiger partial charge in [0.25, 0.3) is 0 Å². The summed E-state index contributed by atoms with van der Waals surface area (Å²) in [5, 5.41) is 8.56. The van der Waals surface area contributed by atoms with Crippen molar-refractivity contribution < 1.29 is 4.79 Å². The Bertz CT molecular complexity index is 467. The summed E-state index contributed by atoms with van der Waals surface area (Å²) in [6, 6.07) is 7.44. The van der Waals surface area contributed by atoms with Gasteiger partial charge in [0.1, 0.15) is 0 Å². The van der Waals surface area contributed by atoms with Crippen LogP contribution < -0.4 is 21.7 Å². The second kappa shape index (κ2) is 8.84. The predicted octanol–water partition coefficient (Wildman–Crippen LogP) is 2.03. The molecule has 0 fully saturated rings. The maximum Gasteiger partial charge on any atom is 0.319 e. The zero-order valence-electron chi connectivity index (χ0n) is 12.9. The Morgan fingerprint density at radius 2 is 1.95 bits per heavy atom. The third-order valence-corrected chi connectivity index (χ3v) is 2.62. The van der Waals surface area contributed by atoms with Crippen molar-refractivity contribution in [2.45, 2.75) is 39.8 Å². The molecule has 0 aliphatic carbocycles. The van der Waals surface area contributed by atoms with E-state index in [9.17, 15) is 4.79 Å². The average Bonchev–Trinajstić information content (AvgIpc) is 2.43. The largest absolute Gasteiger partial charge is 0.370 e. The summed E-state index contributed by atoms with van der Waals surface area (Å²) in [5.74, 6) is 0.454. The van der Waals surface area contributed by atoms with Gasteiger partial charge in [-0.1, -0.05) is 19.1 Å². The maximum atomic E-state index is 11.6. The lowest BCUT2D eigenvalue weighted by Crippen LogP contribution is -2.34. The molecule has 6 nitrogen and oxygen atoms in total. The number of carbonyl (C=O) groups is 1. The number of hydrogen-bond donors (Lipinski definition) is 4. The Morgan fingerprint density at radius 3 is 2.52 bits per heavy atom. The summed E-state index contributed by atoms with van der Waals surface area (Å²) in [4.78, 5) is 15.8. The highest BCUT2D eigenvalue weighted by molar-refractivity contribution is 5.89. The fourth-order valence-electron chi connectivity index (χ4n) is 1.61. The van der Waals surface area contributed by atoms with E-state index in [0.717, 1.165) is 24.2 Å². The van der Waals surface area contributed by atoms with E-state index in [2.05, 4.69) is 27.9 Å². The zero-order chi connectivity index (χ0) is 15.7. The highest BCUT2D eigenvalue weighted by Crippen LogP contribution is 2.10. The van der Waals surface area contributed by atoms with Gasteiger partial charge in [-0.3, -0.25) is 0 Å². The van der Waals surface area contributed by atoms with Crippen molar-refractivity contribution >= 4 is 17.7 Å². The Balaban J connectivity index is 2.48. The number of nitrogens with one attached hydrogen (secondary N) is 3. The molecule has 0 spiro atoms. The number of urea groups is 1. The molecule has 1 rings (SSSR count). The molecule has 116 valence electrons. The van der Waals surface area contributed by atoms with Crippen LogP contribution in [0, 0.1) is 0 Å². The first-order chi connectivity index (χ1) is 10.0. The normalized spacial score (nSPS) is 11.3. The van der Waals surface area contributed by atoms with E-state index in [1.54, 1.807) is 0 Å². The van der Waals surface area contributed by atoms with Crippen LogP contribution in [0.1, 0.15) is 32.8 Å². The van der Waals surface area contributed by atoms with Gasteiger partial charge in [-0.25, -0.2) is 9.79 Å². The number of nitrogens with two attached hydrogens (primary N) is 1. The van der Waals surface area contributed by atoms with E-state index < -0.39 is 0 Å². The van der Waals surface area contributed by atoms with E-state index in [-0.39, 0.29) is 12.1 Å². The highest BCUT2D eigenvalue weighted by atomic mass is 16.2. The molecule has 0 bridgehead atoms. The van der Waals surface area contributed by atoms with E-state index in [1.165, 1.54) is 0 Å². The average molecular weight is 291 g/mol. The number of hydrogen-bond acceptors (Lipinski definition) is 2. The minimum Gasteiger partial charge on any atom is -0.370 e. The molecule has 0 aliphatic heterocycles. The topological polar surface area (TPSA) is 91.5 Å². The number of guanidine groups is 1. The summed E-state index contributed by atoms with van der Waals surface area (Å²) >= 11 is 0. The van der Waals surface area contributed by atoms with Gasteiger partial charge in [0.15, 0.2) is 5.96 Å². The van der Waals surface area contributed by atoms with Crippen molar-refractivity contribution in [2.24, 2.45) is 10.7 Å². The van der Waals surface area contributed by atoms with Crippen molar-refractivity contribution in [3.63, 3.8) is 0 Å².